The second-order valence-corrected chi connectivity index (χ2v) is 8.61. The van der Waals surface area contributed by atoms with Crippen molar-refractivity contribution in [3.63, 3.8) is 0 Å². The van der Waals surface area contributed by atoms with Crippen LogP contribution in [0.5, 0.6) is 0 Å². The lowest BCUT2D eigenvalue weighted by atomic mass is 9.99. The van der Waals surface area contributed by atoms with Gasteiger partial charge in [-0.1, -0.05) is 54.1 Å². The van der Waals surface area contributed by atoms with Crippen molar-refractivity contribution in [3.8, 4) is 11.1 Å². The highest BCUT2D eigenvalue weighted by atomic mass is 32.1. The molecule has 0 fully saturated rings. The van der Waals surface area contributed by atoms with Gasteiger partial charge < -0.3 is 0 Å². The third kappa shape index (κ3) is 3.98. The first-order valence-electron chi connectivity index (χ1n) is 10.1. The van der Waals surface area contributed by atoms with Gasteiger partial charge in [-0.15, -0.1) is 11.3 Å². The lowest BCUT2D eigenvalue weighted by Crippen LogP contribution is -2.26. The molecule has 2 aromatic carbocycles. The second-order valence-electron chi connectivity index (χ2n) is 7.75. The smallest absolute Gasteiger partial charge is 0.262 e. The van der Waals surface area contributed by atoms with Gasteiger partial charge in [0.05, 0.1) is 5.39 Å². The minimum Gasteiger partial charge on any atom is -0.300 e. The van der Waals surface area contributed by atoms with Crippen LogP contribution in [0.1, 0.15) is 35.9 Å². The number of aryl methyl sites for hydroxylation is 2. The SMILES string of the molecule is CC(=O)CCn1c(Cc2ccccc2)nc2scc(-c3ccc(C)cc3C)c2c1=O. The third-order valence-corrected chi connectivity index (χ3v) is 6.21. The van der Waals surface area contributed by atoms with E-state index in [2.05, 4.69) is 32.0 Å². The van der Waals surface area contributed by atoms with Crippen LogP contribution < -0.4 is 5.56 Å². The maximum atomic E-state index is 13.6. The number of ketones is 1. The Morgan fingerprint density at radius 1 is 1.07 bits per heavy atom. The first-order valence-corrected chi connectivity index (χ1v) is 10.9. The lowest BCUT2D eigenvalue weighted by molar-refractivity contribution is -0.117. The van der Waals surface area contributed by atoms with Crippen molar-refractivity contribution in [1.82, 2.24) is 9.55 Å². The number of carbonyl (C=O) groups excluding carboxylic acids is 1. The Kier molecular flexibility index (Phi) is 5.64. The zero-order valence-corrected chi connectivity index (χ0v) is 18.3. The molecule has 0 N–H and O–H groups in total. The predicted molar refractivity (Wildman–Crippen MR) is 123 cm³/mol. The van der Waals surface area contributed by atoms with E-state index in [1.807, 2.05) is 35.7 Å². The first kappa shape index (κ1) is 20.2. The molecule has 0 saturated heterocycles. The maximum Gasteiger partial charge on any atom is 0.262 e. The molecular weight excluding hydrogens is 392 g/mol. The molecule has 0 aliphatic carbocycles. The van der Waals surface area contributed by atoms with Crippen molar-refractivity contribution in [2.24, 2.45) is 0 Å². The molecular formula is C25H24N2O2S. The zero-order chi connectivity index (χ0) is 21.3. The zero-order valence-electron chi connectivity index (χ0n) is 17.4. The summed E-state index contributed by atoms with van der Waals surface area (Å²) in [6.45, 7) is 6.03. The van der Waals surface area contributed by atoms with Crippen molar-refractivity contribution < 1.29 is 4.79 Å². The van der Waals surface area contributed by atoms with Crippen LogP contribution in [0.25, 0.3) is 21.3 Å². The average molecular weight is 417 g/mol. The Labute approximate surface area is 179 Å². The molecule has 0 amide bonds. The number of rotatable bonds is 6. The number of hydrogen-bond acceptors (Lipinski definition) is 4. The fourth-order valence-electron chi connectivity index (χ4n) is 3.79. The summed E-state index contributed by atoms with van der Waals surface area (Å²) < 4.78 is 1.69. The van der Waals surface area contributed by atoms with E-state index >= 15 is 0 Å². The van der Waals surface area contributed by atoms with Gasteiger partial charge in [-0.25, -0.2) is 4.98 Å². The molecule has 4 rings (SSSR count). The lowest BCUT2D eigenvalue weighted by Gasteiger charge is -2.13. The maximum absolute atomic E-state index is 13.6. The third-order valence-electron chi connectivity index (χ3n) is 5.34. The number of hydrogen-bond donors (Lipinski definition) is 0. The van der Waals surface area contributed by atoms with E-state index in [1.165, 1.54) is 16.9 Å². The van der Waals surface area contributed by atoms with E-state index in [9.17, 15) is 9.59 Å². The molecule has 0 spiro atoms. The van der Waals surface area contributed by atoms with Crippen LogP contribution in [0.3, 0.4) is 0 Å². The van der Waals surface area contributed by atoms with Gasteiger partial charge in [-0.2, -0.15) is 0 Å². The molecule has 2 heterocycles. The van der Waals surface area contributed by atoms with E-state index in [0.29, 0.717) is 30.6 Å². The van der Waals surface area contributed by atoms with Gasteiger partial charge in [0.2, 0.25) is 0 Å². The van der Waals surface area contributed by atoms with Gasteiger partial charge in [0, 0.05) is 30.3 Å². The Balaban J connectivity index is 1.90. The molecule has 0 bridgehead atoms. The fourth-order valence-corrected chi connectivity index (χ4v) is 4.74. The molecule has 5 heteroatoms. The molecule has 152 valence electrons. The van der Waals surface area contributed by atoms with E-state index in [1.54, 1.807) is 11.5 Å². The fraction of sp³-hybridized carbons (Fsp3) is 0.240. The second kappa shape index (κ2) is 8.36. The summed E-state index contributed by atoms with van der Waals surface area (Å²) in [5.74, 6) is 0.765. The number of Topliss-reactive ketones (excluding diaryl/α,β-unsaturated/α-hetero) is 1. The van der Waals surface area contributed by atoms with Crippen LogP contribution in [-0.4, -0.2) is 15.3 Å². The summed E-state index contributed by atoms with van der Waals surface area (Å²) in [4.78, 5) is 30.9. The summed E-state index contributed by atoms with van der Waals surface area (Å²) in [6.07, 6.45) is 0.874. The molecule has 0 atom stereocenters. The van der Waals surface area contributed by atoms with Crippen LogP contribution in [-0.2, 0) is 17.8 Å². The molecule has 2 aromatic heterocycles. The van der Waals surface area contributed by atoms with E-state index in [-0.39, 0.29) is 11.3 Å². The number of fused-ring (bicyclic) bond motifs is 1. The number of benzene rings is 2. The summed E-state index contributed by atoms with van der Waals surface area (Å²) in [6, 6.07) is 16.3. The average Bonchev–Trinajstić information content (AvgIpc) is 3.12. The van der Waals surface area contributed by atoms with Crippen molar-refractivity contribution in [2.45, 2.75) is 40.2 Å². The summed E-state index contributed by atoms with van der Waals surface area (Å²) in [5.41, 5.74) is 5.33. The Hall–Kier alpha value is -3.05. The van der Waals surface area contributed by atoms with E-state index < -0.39 is 0 Å². The van der Waals surface area contributed by atoms with Crippen molar-refractivity contribution in [3.05, 3.63) is 86.8 Å². The number of carbonyl (C=O) groups is 1. The highest BCUT2D eigenvalue weighted by Crippen LogP contribution is 2.33. The van der Waals surface area contributed by atoms with Crippen molar-refractivity contribution in [1.29, 1.82) is 0 Å². The number of thiophene rings is 1. The topological polar surface area (TPSA) is 52.0 Å². The first-order chi connectivity index (χ1) is 14.4. The highest BCUT2D eigenvalue weighted by Gasteiger charge is 2.18. The van der Waals surface area contributed by atoms with Gasteiger partial charge in [0.15, 0.2) is 0 Å². The largest absolute Gasteiger partial charge is 0.300 e. The normalized spacial score (nSPS) is 11.2. The minimum atomic E-state index is -0.0663. The summed E-state index contributed by atoms with van der Waals surface area (Å²) >= 11 is 1.50. The standard InChI is InChI=1S/C25H24N2O2S/c1-16-9-10-20(17(2)13-16)21-15-30-24-23(21)25(29)27(12-11-18(3)28)22(26-24)14-19-7-5-4-6-8-19/h4-10,13,15H,11-12,14H2,1-3H3. The molecule has 0 saturated carbocycles. The Morgan fingerprint density at radius 3 is 2.53 bits per heavy atom. The van der Waals surface area contributed by atoms with Crippen LogP contribution in [0.15, 0.2) is 58.7 Å². The minimum absolute atomic E-state index is 0.0626. The van der Waals surface area contributed by atoms with Crippen LogP contribution in [0, 0.1) is 13.8 Å². The van der Waals surface area contributed by atoms with Gasteiger partial charge in [-0.3, -0.25) is 14.2 Å². The van der Waals surface area contributed by atoms with Crippen molar-refractivity contribution >= 4 is 27.3 Å². The van der Waals surface area contributed by atoms with Crippen LogP contribution in [0.2, 0.25) is 0 Å². The quantitative estimate of drug-likeness (QED) is 0.428. The van der Waals surface area contributed by atoms with E-state index in [4.69, 9.17) is 4.98 Å². The van der Waals surface area contributed by atoms with E-state index in [0.717, 1.165) is 27.1 Å². The molecule has 4 aromatic rings. The monoisotopic (exact) mass is 416 g/mol. The summed E-state index contributed by atoms with van der Waals surface area (Å²) in [5, 5.41) is 2.67. The highest BCUT2D eigenvalue weighted by molar-refractivity contribution is 7.17. The van der Waals surface area contributed by atoms with Gasteiger partial charge in [-0.05, 0) is 37.5 Å². The van der Waals surface area contributed by atoms with Gasteiger partial charge in [0.1, 0.15) is 16.4 Å². The molecule has 0 unspecified atom stereocenters. The number of nitrogens with zero attached hydrogens (tertiary/aromatic N) is 2. The predicted octanol–water partition coefficient (Wildman–Crippen LogP) is 5.31. The number of aromatic nitrogens is 2. The Morgan fingerprint density at radius 2 is 1.83 bits per heavy atom. The molecule has 0 radical (unpaired) electrons. The van der Waals surface area contributed by atoms with Gasteiger partial charge in [0.25, 0.3) is 5.56 Å². The van der Waals surface area contributed by atoms with Gasteiger partial charge >= 0.3 is 0 Å². The molecule has 30 heavy (non-hydrogen) atoms. The van der Waals surface area contributed by atoms with Crippen LogP contribution in [0.4, 0.5) is 0 Å². The molecule has 0 aliphatic heterocycles. The van der Waals surface area contributed by atoms with Crippen molar-refractivity contribution in [2.75, 3.05) is 0 Å². The molecule has 4 nitrogen and oxygen atoms in total. The Bertz CT molecular complexity index is 1290. The molecule has 0 aliphatic rings. The summed E-state index contributed by atoms with van der Waals surface area (Å²) in [7, 11) is 0. The van der Waals surface area contributed by atoms with Crippen LogP contribution >= 0.6 is 11.3 Å².